The number of hydrogen-bond acceptors (Lipinski definition) is 4. The third kappa shape index (κ3) is 4.48. The molecule has 152 valence electrons. The first-order valence-electron chi connectivity index (χ1n) is 9.32. The van der Waals surface area contributed by atoms with E-state index in [2.05, 4.69) is 4.99 Å². The molecule has 0 bridgehead atoms. The van der Waals surface area contributed by atoms with Crippen molar-refractivity contribution < 1.29 is 22.7 Å². The maximum atomic E-state index is 12.9. The lowest BCUT2D eigenvalue weighted by molar-refractivity contribution is -0.153. The smallest absolute Gasteiger partial charge is 0.422 e. The Morgan fingerprint density at radius 2 is 2.07 bits per heavy atom. The van der Waals surface area contributed by atoms with E-state index in [4.69, 9.17) is 10.5 Å². The number of anilines is 1. The van der Waals surface area contributed by atoms with Gasteiger partial charge in [-0.25, -0.2) is 0 Å². The van der Waals surface area contributed by atoms with Crippen LogP contribution in [-0.2, 0) is 11.2 Å². The van der Waals surface area contributed by atoms with E-state index in [1.165, 1.54) is 13.1 Å². The second-order valence-electron chi connectivity index (χ2n) is 7.25. The van der Waals surface area contributed by atoms with Gasteiger partial charge in [0.2, 0.25) is 5.91 Å². The number of rotatable bonds is 5. The summed E-state index contributed by atoms with van der Waals surface area (Å²) in [4.78, 5) is 18.1. The molecule has 8 heteroatoms. The van der Waals surface area contributed by atoms with Crippen LogP contribution in [0.1, 0.15) is 44.2 Å². The van der Waals surface area contributed by atoms with Crippen LogP contribution in [0.4, 0.5) is 18.9 Å². The summed E-state index contributed by atoms with van der Waals surface area (Å²) < 4.78 is 43.8. The number of halogens is 3. The molecule has 1 aromatic rings. The minimum atomic E-state index is -4.48. The van der Waals surface area contributed by atoms with Gasteiger partial charge >= 0.3 is 6.18 Å². The van der Waals surface area contributed by atoms with Crippen molar-refractivity contribution >= 4 is 23.4 Å². The number of nitrogens with two attached hydrogens (primary N) is 1. The average molecular weight is 395 g/mol. The highest BCUT2D eigenvalue weighted by Gasteiger charge is 2.33. The highest BCUT2D eigenvalue weighted by atomic mass is 19.4. The lowest BCUT2D eigenvalue weighted by Gasteiger charge is -2.36. The zero-order valence-corrected chi connectivity index (χ0v) is 15.9. The van der Waals surface area contributed by atoms with Crippen LogP contribution in [0.5, 0.6) is 5.75 Å². The molecule has 0 aromatic heterocycles. The van der Waals surface area contributed by atoms with Crippen molar-refractivity contribution in [2.75, 3.05) is 11.5 Å². The second kappa shape index (κ2) is 7.85. The van der Waals surface area contributed by atoms with Gasteiger partial charge in [0.05, 0.1) is 11.7 Å². The average Bonchev–Trinajstić information content (AvgIpc) is 3.43. The predicted octanol–water partition coefficient (Wildman–Crippen LogP) is 3.85. The number of nitrogens with zero attached hydrogens (tertiary/aromatic N) is 2. The first kappa shape index (κ1) is 20.2. The molecule has 2 N–H and O–H groups in total. The molecule has 1 atom stereocenters. The van der Waals surface area contributed by atoms with Crippen LogP contribution in [0.2, 0.25) is 0 Å². The highest BCUT2D eigenvalue weighted by Crippen LogP contribution is 2.41. The monoisotopic (exact) mass is 395 g/mol. The first-order valence-corrected chi connectivity index (χ1v) is 9.32. The molecule has 0 spiro atoms. The molecule has 1 aliphatic heterocycles. The highest BCUT2D eigenvalue weighted by molar-refractivity contribution is 6.11. The fourth-order valence-electron chi connectivity index (χ4n) is 3.44. The number of ether oxygens (including phenoxy) is 1. The summed E-state index contributed by atoms with van der Waals surface area (Å²) in [5, 5.41) is 0. The molecular weight excluding hydrogens is 371 g/mol. The largest absolute Gasteiger partial charge is 0.483 e. The van der Waals surface area contributed by atoms with Gasteiger partial charge in [0, 0.05) is 42.1 Å². The third-order valence-electron chi connectivity index (χ3n) is 4.93. The van der Waals surface area contributed by atoms with Crippen molar-refractivity contribution in [1.29, 1.82) is 0 Å². The predicted molar refractivity (Wildman–Crippen MR) is 103 cm³/mol. The summed E-state index contributed by atoms with van der Waals surface area (Å²) in [7, 11) is 0. The van der Waals surface area contributed by atoms with Gasteiger partial charge in [-0.15, -0.1) is 0 Å². The summed E-state index contributed by atoms with van der Waals surface area (Å²) in [6.45, 7) is 1.95. The van der Waals surface area contributed by atoms with Crippen LogP contribution >= 0.6 is 0 Å². The molecule has 0 saturated heterocycles. The lowest BCUT2D eigenvalue weighted by Crippen LogP contribution is -2.41. The number of hydrogen-bond donors (Lipinski definition) is 1. The number of aliphatic imine (C=N–C) groups is 1. The number of fused-ring (bicyclic) bond motifs is 1. The van der Waals surface area contributed by atoms with Crippen LogP contribution in [0.25, 0.3) is 5.57 Å². The molecule has 28 heavy (non-hydrogen) atoms. The van der Waals surface area contributed by atoms with Gasteiger partial charge in [-0.3, -0.25) is 9.79 Å². The van der Waals surface area contributed by atoms with Crippen LogP contribution in [0.15, 0.2) is 23.3 Å². The Bertz CT molecular complexity index is 814. The quantitative estimate of drug-likeness (QED) is 0.770. The van der Waals surface area contributed by atoms with Gasteiger partial charge < -0.3 is 15.4 Å². The summed E-state index contributed by atoms with van der Waals surface area (Å²) in [5.74, 6) is -0.0419. The molecule has 1 aliphatic carbocycles. The van der Waals surface area contributed by atoms with Crippen LogP contribution < -0.4 is 15.4 Å². The van der Waals surface area contributed by atoms with E-state index in [0.29, 0.717) is 35.2 Å². The first-order chi connectivity index (χ1) is 13.2. The second-order valence-corrected chi connectivity index (χ2v) is 7.25. The Labute approximate surface area is 162 Å². The topological polar surface area (TPSA) is 67.9 Å². The van der Waals surface area contributed by atoms with Gasteiger partial charge in [-0.05, 0) is 44.7 Å². The Kier molecular flexibility index (Phi) is 5.67. The number of alkyl halides is 3. The van der Waals surface area contributed by atoms with Crippen molar-refractivity contribution in [3.05, 3.63) is 29.5 Å². The molecule has 1 amide bonds. The zero-order valence-electron chi connectivity index (χ0n) is 15.9. The van der Waals surface area contributed by atoms with Crippen molar-refractivity contribution in [1.82, 2.24) is 0 Å². The molecule has 1 fully saturated rings. The summed E-state index contributed by atoms with van der Waals surface area (Å²) in [5.41, 5.74) is 7.87. The molecule has 3 rings (SSSR count). The van der Waals surface area contributed by atoms with E-state index in [1.54, 1.807) is 23.2 Å². The van der Waals surface area contributed by atoms with Crippen molar-refractivity contribution in [2.45, 2.75) is 57.8 Å². The Morgan fingerprint density at radius 3 is 2.64 bits per heavy atom. The third-order valence-corrected chi connectivity index (χ3v) is 4.93. The SMILES string of the molecule is CC(=O)N1c2ccc(C(C=NC3CC3)=CN)c(OCC(F)(F)F)c2CCC1C. The minimum absolute atomic E-state index is 0.0349. The van der Waals surface area contributed by atoms with Crippen LogP contribution in [0, 0.1) is 0 Å². The van der Waals surface area contributed by atoms with Crippen molar-refractivity contribution in [3.8, 4) is 5.75 Å². The Balaban J connectivity index is 2.07. The fourth-order valence-corrected chi connectivity index (χ4v) is 3.44. The van der Waals surface area contributed by atoms with Crippen molar-refractivity contribution in [3.63, 3.8) is 0 Å². The molecule has 0 radical (unpaired) electrons. The van der Waals surface area contributed by atoms with E-state index < -0.39 is 12.8 Å². The van der Waals surface area contributed by atoms with Gasteiger partial charge in [0.15, 0.2) is 6.61 Å². The Hall–Kier alpha value is -2.51. The van der Waals surface area contributed by atoms with Crippen LogP contribution in [-0.4, -0.2) is 37.0 Å². The molecule has 1 saturated carbocycles. The number of carbonyl (C=O) groups excluding carboxylic acids is 1. The summed E-state index contributed by atoms with van der Waals surface area (Å²) in [6, 6.07) is 3.61. The summed E-state index contributed by atoms with van der Waals surface area (Å²) >= 11 is 0. The molecular formula is C20H24F3N3O2. The molecule has 5 nitrogen and oxygen atoms in total. The number of benzene rings is 1. The van der Waals surface area contributed by atoms with Crippen molar-refractivity contribution in [2.24, 2.45) is 10.7 Å². The number of carbonyl (C=O) groups is 1. The number of allylic oxidation sites excluding steroid dienone is 1. The van der Waals surface area contributed by atoms with Gasteiger partial charge in [0.25, 0.3) is 0 Å². The van der Waals surface area contributed by atoms with E-state index >= 15 is 0 Å². The molecule has 2 aliphatic rings. The van der Waals surface area contributed by atoms with Gasteiger partial charge in [-0.2, -0.15) is 13.2 Å². The van der Waals surface area contributed by atoms with Gasteiger partial charge in [-0.1, -0.05) is 0 Å². The minimum Gasteiger partial charge on any atom is -0.483 e. The normalized spacial score (nSPS) is 20.4. The van der Waals surface area contributed by atoms with Crippen LogP contribution in [0.3, 0.4) is 0 Å². The lowest BCUT2D eigenvalue weighted by atomic mass is 9.92. The number of amides is 1. The molecule has 1 unspecified atom stereocenters. The Morgan fingerprint density at radius 1 is 1.36 bits per heavy atom. The maximum Gasteiger partial charge on any atom is 0.422 e. The fraction of sp³-hybridized carbons (Fsp3) is 0.500. The van der Waals surface area contributed by atoms with E-state index in [1.807, 2.05) is 6.92 Å². The molecule has 1 aromatic carbocycles. The van der Waals surface area contributed by atoms with E-state index in [9.17, 15) is 18.0 Å². The standard InChI is InChI=1S/C20H24F3N3O2/c1-12-3-6-17-18(26(12)13(2)27)8-7-16(19(17)28-11-20(21,22)23)14(9-24)10-25-15-4-5-15/h7-10,12,15H,3-6,11,24H2,1-2H3. The summed E-state index contributed by atoms with van der Waals surface area (Å²) in [6.07, 6.45) is 1.59. The van der Waals surface area contributed by atoms with E-state index in [-0.39, 0.29) is 23.7 Å². The maximum absolute atomic E-state index is 12.9. The zero-order chi connectivity index (χ0) is 20.5. The molecule has 1 heterocycles. The van der Waals surface area contributed by atoms with E-state index in [0.717, 1.165) is 12.8 Å². The van der Waals surface area contributed by atoms with Gasteiger partial charge in [0.1, 0.15) is 5.75 Å².